The highest BCUT2D eigenvalue weighted by atomic mass is 16.2. The van der Waals surface area contributed by atoms with Crippen LogP contribution in [0, 0.1) is 6.92 Å². The largest absolute Gasteiger partial charge is 0.398 e. The molecule has 0 radical (unpaired) electrons. The van der Waals surface area contributed by atoms with Crippen molar-refractivity contribution in [2.24, 2.45) is 0 Å². The van der Waals surface area contributed by atoms with Crippen LogP contribution in [0.15, 0.2) is 18.2 Å². The molecule has 2 rings (SSSR count). The standard InChI is InChI=1S/C13H18N2O/c1-9-6-7-11(12(14)8-9)13(16)15(2)10-4-3-5-10/h6-8,10H,3-5,14H2,1-2H3. The Hall–Kier alpha value is -1.51. The molecule has 1 amide bonds. The molecule has 0 saturated heterocycles. The molecule has 0 spiro atoms. The second-order valence-corrected chi connectivity index (χ2v) is 4.59. The van der Waals surface area contributed by atoms with Gasteiger partial charge in [-0.3, -0.25) is 4.79 Å². The van der Waals surface area contributed by atoms with Gasteiger partial charge in [-0.1, -0.05) is 6.07 Å². The Morgan fingerprint density at radius 2 is 2.12 bits per heavy atom. The van der Waals surface area contributed by atoms with Gasteiger partial charge in [-0.05, 0) is 43.9 Å². The van der Waals surface area contributed by atoms with Crippen LogP contribution >= 0.6 is 0 Å². The number of hydrogen-bond acceptors (Lipinski definition) is 2. The van der Waals surface area contributed by atoms with Crippen molar-refractivity contribution in [3.05, 3.63) is 29.3 Å². The third-order valence-electron chi connectivity index (χ3n) is 3.38. The van der Waals surface area contributed by atoms with Crippen LogP contribution in [-0.2, 0) is 0 Å². The van der Waals surface area contributed by atoms with Gasteiger partial charge >= 0.3 is 0 Å². The van der Waals surface area contributed by atoms with Crippen molar-refractivity contribution >= 4 is 11.6 Å². The van der Waals surface area contributed by atoms with E-state index < -0.39 is 0 Å². The van der Waals surface area contributed by atoms with Crippen LogP contribution in [0.5, 0.6) is 0 Å². The molecule has 2 N–H and O–H groups in total. The van der Waals surface area contributed by atoms with E-state index in [-0.39, 0.29) is 5.91 Å². The monoisotopic (exact) mass is 218 g/mol. The van der Waals surface area contributed by atoms with E-state index in [0.29, 0.717) is 17.3 Å². The molecule has 0 aromatic heterocycles. The molecule has 1 saturated carbocycles. The Morgan fingerprint density at radius 1 is 1.44 bits per heavy atom. The van der Waals surface area contributed by atoms with E-state index in [9.17, 15) is 4.79 Å². The Labute approximate surface area is 96.2 Å². The average molecular weight is 218 g/mol. The van der Waals surface area contributed by atoms with E-state index in [1.54, 1.807) is 0 Å². The third kappa shape index (κ3) is 1.90. The molecule has 0 aliphatic heterocycles. The maximum absolute atomic E-state index is 12.2. The summed E-state index contributed by atoms with van der Waals surface area (Å²) >= 11 is 0. The van der Waals surface area contributed by atoms with Gasteiger partial charge in [0.2, 0.25) is 0 Å². The molecule has 0 atom stereocenters. The lowest BCUT2D eigenvalue weighted by Gasteiger charge is -2.35. The lowest BCUT2D eigenvalue weighted by atomic mass is 9.91. The number of carbonyl (C=O) groups excluding carboxylic acids is 1. The topological polar surface area (TPSA) is 46.3 Å². The molecule has 3 heteroatoms. The predicted molar refractivity (Wildman–Crippen MR) is 65.3 cm³/mol. The van der Waals surface area contributed by atoms with Crippen molar-refractivity contribution in [2.45, 2.75) is 32.2 Å². The number of nitrogens with two attached hydrogens (primary N) is 1. The van der Waals surface area contributed by atoms with Gasteiger partial charge in [-0.2, -0.15) is 0 Å². The Morgan fingerprint density at radius 3 is 2.62 bits per heavy atom. The van der Waals surface area contributed by atoms with Crippen LogP contribution in [0.25, 0.3) is 0 Å². The number of amides is 1. The third-order valence-corrected chi connectivity index (χ3v) is 3.38. The zero-order valence-electron chi connectivity index (χ0n) is 9.86. The molecule has 16 heavy (non-hydrogen) atoms. The zero-order valence-corrected chi connectivity index (χ0v) is 9.86. The summed E-state index contributed by atoms with van der Waals surface area (Å²) in [6.07, 6.45) is 3.47. The van der Waals surface area contributed by atoms with Gasteiger partial charge in [-0.15, -0.1) is 0 Å². The molecule has 1 aromatic carbocycles. The van der Waals surface area contributed by atoms with Crippen LogP contribution in [0.1, 0.15) is 35.2 Å². The fourth-order valence-electron chi connectivity index (χ4n) is 2.01. The number of anilines is 1. The van der Waals surface area contributed by atoms with Crippen molar-refractivity contribution in [1.29, 1.82) is 0 Å². The van der Waals surface area contributed by atoms with E-state index in [4.69, 9.17) is 5.73 Å². The van der Waals surface area contributed by atoms with E-state index in [0.717, 1.165) is 18.4 Å². The van der Waals surface area contributed by atoms with Gasteiger partial charge in [0.25, 0.3) is 5.91 Å². The summed E-state index contributed by atoms with van der Waals surface area (Å²) in [5, 5.41) is 0. The average Bonchev–Trinajstić information content (AvgIpc) is 2.14. The molecule has 1 aliphatic carbocycles. The van der Waals surface area contributed by atoms with Crippen molar-refractivity contribution in [1.82, 2.24) is 4.90 Å². The quantitative estimate of drug-likeness (QED) is 0.773. The first-order valence-corrected chi connectivity index (χ1v) is 5.73. The minimum absolute atomic E-state index is 0.0437. The van der Waals surface area contributed by atoms with Gasteiger partial charge in [0.05, 0.1) is 5.56 Å². The van der Waals surface area contributed by atoms with Gasteiger partial charge < -0.3 is 10.6 Å². The lowest BCUT2D eigenvalue weighted by molar-refractivity contribution is 0.0653. The van der Waals surface area contributed by atoms with Crippen molar-refractivity contribution < 1.29 is 4.79 Å². The summed E-state index contributed by atoms with van der Waals surface area (Å²) in [4.78, 5) is 14.0. The smallest absolute Gasteiger partial charge is 0.255 e. The van der Waals surface area contributed by atoms with Crippen LogP contribution in [0.4, 0.5) is 5.69 Å². The number of rotatable bonds is 2. The van der Waals surface area contributed by atoms with Crippen molar-refractivity contribution in [3.63, 3.8) is 0 Å². The maximum Gasteiger partial charge on any atom is 0.255 e. The molecule has 0 unspecified atom stereocenters. The zero-order chi connectivity index (χ0) is 11.7. The van der Waals surface area contributed by atoms with Gasteiger partial charge in [0.1, 0.15) is 0 Å². The second kappa shape index (κ2) is 4.16. The molecule has 3 nitrogen and oxygen atoms in total. The Kier molecular flexibility index (Phi) is 2.86. The molecule has 1 aromatic rings. The molecule has 0 heterocycles. The summed E-state index contributed by atoms with van der Waals surface area (Å²) in [7, 11) is 1.87. The highest BCUT2D eigenvalue weighted by molar-refractivity contribution is 5.99. The molecule has 86 valence electrons. The summed E-state index contributed by atoms with van der Waals surface area (Å²) in [5.74, 6) is 0.0437. The second-order valence-electron chi connectivity index (χ2n) is 4.59. The van der Waals surface area contributed by atoms with Crippen LogP contribution < -0.4 is 5.73 Å². The summed E-state index contributed by atoms with van der Waals surface area (Å²) in [5.41, 5.74) is 8.16. The molecular weight excluding hydrogens is 200 g/mol. The van der Waals surface area contributed by atoms with Crippen LogP contribution in [0.2, 0.25) is 0 Å². The fraction of sp³-hybridized carbons (Fsp3) is 0.462. The minimum atomic E-state index is 0.0437. The first-order chi connectivity index (χ1) is 7.59. The first-order valence-electron chi connectivity index (χ1n) is 5.73. The fourth-order valence-corrected chi connectivity index (χ4v) is 2.01. The Balaban J connectivity index is 2.19. The molecule has 0 bridgehead atoms. The molecule has 1 aliphatic rings. The molecular formula is C13H18N2O. The van der Waals surface area contributed by atoms with Gasteiger partial charge in [0, 0.05) is 18.8 Å². The summed E-state index contributed by atoms with van der Waals surface area (Å²) < 4.78 is 0. The van der Waals surface area contributed by atoms with E-state index in [1.807, 2.05) is 37.1 Å². The number of hydrogen-bond donors (Lipinski definition) is 1. The van der Waals surface area contributed by atoms with E-state index >= 15 is 0 Å². The highest BCUT2D eigenvalue weighted by Gasteiger charge is 2.26. The highest BCUT2D eigenvalue weighted by Crippen LogP contribution is 2.26. The number of benzene rings is 1. The number of aryl methyl sites for hydroxylation is 1. The van der Waals surface area contributed by atoms with Gasteiger partial charge in [-0.25, -0.2) is 0 Å². The number of nitrogen functional groups attached to an aromatic ring is 1. The SMILES string of the molecule is Cc1ccc(C(=O)N(C)C2CCC2)c(N)c1. The Bertz CT molecular complexity index is 410. The maximum atomic E-state index is 12.2. The molecule has 1 fully saturated rings. The van der Waals surface area contributed by atoms with Crippen LogP contribution in [0.3, 0.4) is 0 Å². The van der Waals surface area contributed by atoms with E-state index in [1.165, 1.54) is 6.42 Å². The van der Waals surface area contributed by atoms with E-state index in [2.05, 4.69) is 0 Å². The minimum Gasteiger partial charge on any atom is -0.398 e. The first kappa shape index (κ1) is 11.0. The number of nitrogens with zero attached hydrogens (tertiary/aromatic N) is 1. The van der Waals surface area contributed by atoms with Gasteiger partial charge in [0.15, 0.2) is 0 Å². The van der Waals surface area contributed by atoms with Crippen molar-refractivity contribution in [2.75, 3.05) is 12.8 Å². The van der Waals surface area contributed by atoms with Crippen molar-refractivity contribution in [3.8, 4) is 0 Å². The normalized spacial score (nSPS) is 15.6. The predicted octanol–water partition coefficient (Wildman–Crippen LogP) is 2.20. The summed E-state index contributed by atoms with van der Waals surface area (Å²) in [6.45, 7) is 1.97. The summed E-state index contributed by atoms with van der Waals surface area (Å²) in [6, 6.07) is 6.01. The van der Waals surface area contributed by atoms with Crippen LogP contribution in [-0.4, -0.2) is 23.9 Å². The lowest BCUT2D eigenvalue weighted by Crippen LogP contribution is -2.41. The number of carbonyl (C=O) groups is 1.